The number of para-hydroxylation sites is 1. The minimum absolute atomic E-state index is 0.0465. The number of furan rings is 1. The van der Waals surface area contributed by atoms with Crippen LogP contribution in [0.25, 0.3) is 6.08 Å². The maximum Gasteiger partial charge on any atom is 0.291 e. The highest BCUT2D eigenvalue weighted by atomic mass is 79.9. The summed E-state index contributed by atoms with van der Waals surface area (Å²) < 4.78 is 16.3. The quantitative estimate of drug-likeness (QED) is 0.564. The first-order chi connectivity index (χ1) is 14.1. The third-order valence-corrected chi connectivity index (χ3v) is 4.46. The van der Waals surface area contributed by atoms with E-state index < -0.39 is 11.8 Å². The zero-order chi connectivity index (χ0) is 20.2. The molecule has 2 amide bonds. The van der Waals surface area contributed by atoms with Crippen molar-refractivity contribution < 1.29 is 23.5 Å². The number of carbonyl (C=O) groups excluding carboxylic acids is 2. The Bertz CT molecular complexity index is 1090. The SMILES string of the molecule is O=C(Nc1ccccc1)/C(=C\c1ccc2c(c1)OCO2)NC(=O)c1ccc(Br)o1. The van der Waals surface area contributed by atoms with E-state index in [1.165, 1.54) is 6.07 Å². The average molecular weight is 455 g/mol. The molecule has 0 fully saturated rings. The Morgan fingerprint density at radius 3 is 2.52 bits per heavy atom. The molecule has 1 aliphatic heterocycles. The van der Waals surface area contributed by atoms with Gasteiger partial charge in [0.25, 0.3) is 11.8 Å². The van der Waals surface area contributed by atoms with E-state index in [0.717, 1.165) is 0 Å². The molecule has 0 unspecified atom stereocenters. The summed E-state index contributed by atoms with van der Waals surface area (Å²) in [4.78, 5) is 25.3. The third kappa shape index (κ3) is 4.49. The molecule has 2 aromatic carbocycles. The van der Waals surface area contributed by atoms with Gasteiger partial charge in [-0.3, -0.25) is 9.59 Å². The summed E-state index contributed by atoms with van der Waals surface area (Å²) in [6.07, 6.45) is 1.55. The summed E-state index contributed by atoms with van der Waals surface area (Å²) in [7, 11) is 0. The molecule has 0 spiro atoms. The van der Waals surface area contributed by atoms with Crippen LogP contribution in [0.1, 0.15) is 16.1 Å². The number of nitrogens with one attached hydrogen (secondary N) is 2. The lowest BCUT2D eigenvalue weighted by molar-refractivity contribution is -0.113. The van der Waals surface area contributed by atoms with Gasteiger partial charge in [-0.05, 0) is 64.0 Å². The van der Waals surface area contributed by atoms with Crippen molar-refractivity contribution in [3.05, 3.63) is 82.4 Å². The van der Waals surface area contributed by atoms with Gasteiger partial charge in [0, 0.05) is 5.69 Å². The van der Waals surface area contributed by atoms with E-state index in [1.807, 2.05) is 6.07 Å². The van der Waals surface area contributed by atoms with Gasteiger partial charge >= 0.3 is 0 Å². The highest BCUT2D eigenvalue weighted by molar-refractivity contribution is 9.10. The van der Waals surface area contributed by atoms with Crippen molar-refractivity contribution in [1.82, 2.24) is 5.32 Å². The standard InChI is InChI=1S/C21H15BrN2O5/c22-19-9-8-17(29-19)21(26)24-15(20(25)23-14-4-2-1-3-5-14)10-13-6-7-16-18(11-13)28-12-27-16/h1-11H,12H2,(H,23,25)(H,24,26)/b15-10+. The fraction of sp³-hybridized carbons (Fsp3) is 0.0476. The second-order valence-corrected chi connectivity index (χ2v) is 6.83. The molecule has 0 aliphatic carbocycles. The molecule has 29 heavy (non-hydrogen) atoms. The minimum Gasteiger partial charge on any atom is -0.454 e. The predicted octanol–water partition coefficient (Wildman–Crippen LogP) is 4.18. The molecule has 0 atom stereocenters. The summed E-state index contributed by atoms with van der Waals surface area (Å²) in [5.41, 5.74) is 1.31. The number of rotatable bonds is 5. The van der Waals surface area contributed by atoms with Crippen molar-refractivity contribution in [3.63, 3.8) is 0 Å². The molecule has 0 saturated heterocycles. The Kier molecular flexibility index (Phi) is 5.35. The highest BCUT2D eigenvalue weighted by Crippen LogP contribution is 2.33. The molecule has 146 valence electrons. The summed E-state index contributed by atoms with van der Waals surface area (Å²) in [5, 5.41) is 5.37. The number of benzene rings is 2. The molecule has 0 bridgehead atoms. The van der Waals surface area contributed by atoms with Gasteiger partial charge in [-0.1, -0.05) is 24.3 Å². The molecular weight excluding hydrogens is 440 g/mol. The Labute approximate surface area is 174 Å². The molecule has 3 aromatic rings. The molecule has 4 rings (SSSR count). The van der Waals surface area contributed by atoms with Crippen molar-refractivity contribution >= 4 is 39.5 Å². The van der Waals surface area contributed by atoms with Crippen molar-refractivity contribution in [2.45, 2.75) is 0 Å². The molecular formula is C21H15BrN2O5. The lowest BCUT2D eigenvalue weighted by atomic mass is 10.1. The highest BCUT2D eigenvalue weighted by Gasteiger charge is 2.18. The summed E-state index contributed by atoms with van der Waals surface area (Å²) >= 11 is 3.16. The van der Waals surface area contributed by atoms with Gasteiger partial charge in [0.1, 0.15) is 5.70 Å². The first kappa shape index (κ1) is 18.8. The Morgan fingerprint density at radius 1 is 0.966 bits per heavy atom. The molecule has 7 nitrogen and oxygen atoms in total. The van der Waals surface area contributed by atoms with Crippen LogP contribution in [0.3, 0.4) is 0 Å². The van der Waals surface area contributed by atoms with Crippen molar-refractivity contribution in [1.29, 1.82) is 0 Å². The second-order valence-electron chi connectivity index (χ2n) is 6.05. The fourth-order valence-corrected chi connectivity index (χ4v) is 2.97. The zero-order valence-corrected chi connectivity index (χ0v) is 16.6. The molecule has 0 radical (unpaired) electrons. The number of ether oxygens (including phenoxy) is 2. The number of hydrogen-bond acceptors (Lipinski definition) is 5. The second kappa shape index (κ2) is 8.24. The Hall–Kier alpha value is -3.52. The first-order valence-corrected chi connectivity index (χ1v) is 9.42. The van der Waals surface area contributed by atoms with Crippen molar-refractivity contribution in [3.8, 4) is 11.5 Å². The van der Waals surface area contributed by atoms with Gasteiger partial charge in [0.15, 0.2) is 21.9 Å². The average Bonchev–Trinajstić information content (AvgIpc) is 3.36. The van der Waals surface area contributed by atoms with Gasteiger partial charge in [-0.2, -0.15) is 0 Å². The van der Waals surface area contributed by atoms with E-state index in [-0.39, 0.29) is 18.3 Å². The largest absolute Gasteiger partial charge is 0.454 e. The number of fused-ring (bicyclic) bond motifs is 1. The third-order valence-electron chi connectivity index (χ3n) is 4.03. The maximum atomic E-state index is 12.8. The minimum atomic E-state index is -0.550. The maximum absolute atomic E-state index is 12.8. The zero-order valence-electron chi connectivity index (χ0n) is 15.0. The van der Waals surface area contributed by atoms with E-state index in [0.29, 0.717) is 27.4 Å². The normalized spacial score (nSPS) is 12.5. The van der Waals surface area contributed by atoms with E-state index in [2.05, 4.69) is 26.6 Å². The number of amides is 2. The summed E-state index contributed by atoms with van der Waals surface area (Å²) in [5.74, 6) is 0.240. The molecule has 1 aromatic heterocycles. The van der Waals surface area contributed by atoms with Crippen LogP contribution >= 0.6 is 15.9 Å². The number of hydrogen-bond donors (Lipinski definition) is 2. The topological polar surface area (TPSA) is 89.8 Å². The van der Waals surface area contributed by atoms with Crippen molar-refractivity contribution in [2.75, 3.05) is 12.1 Å². The van der Waals surface area contributed by atoms with Crippen LogP contribution < -0.4 is 20.1 Å². The van der Waals surface area contributed by atoms with Crippen LogP contribution in [0.15, 0.2) is 75.4 Å². The van der Waals surface area contributed by atoms with Gasteiger partial charge in [-0.25, -0.2) is 0 Å². The number of carbonyl (C=O) groups is 2. The number of anilines is 1. The molecule has 8 heteroatoms. The van der Waals surface area contributed by atoms with Crippen LogP contribution in [0.5, 0.6) is 11.5 Å². The van der Waals surface area contributed by atoms with E-state index in [9.17, 15) is 9.59 Å². The van der Waals surface area contributed by atoms with Gasteiger partial charge < -0.3 is 24.5 Å². The molecule has 1 aliphatic rings. The van der Waals surface area contributed by atoms with Crippen molar-refractivity contribution in [2.24, 2.45) is 0 Å². The lowest BCUT2D eigenvalue weighted by Gasteiger charge is -2.10. The number of halogens is 1. The summed E-state index contributed by atoms with van der Waals surface area (Å²) in [6, 6.07) is 17.3. The predicted molar refractivity (Wildman–Crippen MR) is 109 cm³/mol. The van der Waals surface area contributed by atoms with Crippen LogP contribution in [0.2, 0.25) is 0 Å². The van der Waals surface area contributed by atoms with Gasteiger partial charge in [0.2, 0.25) is 6.79 Å². The summed E-state index contributed by atoms with van der Waals surface area (Å²) in [6.45, 7) is 0.147. The van der Waals surface area contributed by atoms with Gasteiger partial charge in [-0.15, -0.1) is 0 Å². The molecule has 0 saturated carbocycles. The van der Waals surface area contributed by atoms with Crippen LogP contribution in [-0.4, -0.2) is 18.6 Å². The lowest BCUT2D eigenvalue weighted by Crippen LogP contribution is -2.30. The smallest absolute Gasteiger partial charge is 0.291 e. The van der Waals surface area contributed by atoms with Crippen LogP contribution in [0, 0.1) is 0 Å². The van der Waals surface area contributed by atoms with Crippen LogP contribution in [0.4, 0.5) is 5.69 Å². The Balaban J connectivity index is 1.62. The first-order valence-electron chi connectivity index (χ1n) is 8.63. The molecule has 2 heterocycles. The fourth-order valence-electron chi connectivity index (χ4n) is 2.67. The van der Waals surface area contributed by atoms with E-state index in [4.69, 9.17) is 13.9 Å². The van der Waals surface area contributed by atoms with Gasteiger partial charge in [0.05, 0.1) is 0 Å². The van der Waals surface area contributed by atoms with E-state index in [1.54, 1.807) is 54.6 Å². The van der Waals surface area contributed by atoms with E-state index >= 15 is 0 Å². The Morgan fingerprint density at radius 2 is 1.76 bits per heavy atom. The monoisotopic (exact) mass is 454 g/mol. The van der Waals surface area contributed by atoms with Crippen LogP contribution in [-0.2, 0) is 4.79 Å². The molecule has 2 N–H and O–H groups in total.